The molecule has 0 spiro atoms. The first-order valence-corrected chi connectivity index (χ1v) is 12.1. The topological polar surface area (TPSA) is 104 Å². The molecule has 1 fully saturated rings. The quantitative estimate of drug-likeness (QED) is 0.385. The van der Waals surface area contributed by atoms with Crippen LogP contribution < -0.4 is 10.1 Å². The van der Waals surface area contributed by atoms with Gasteiger partial charge in [0, 0.05) is 66.6 Å². The van der Waals surface area contributed by atoms with Gasteiger partial charge in [-0.1, -0.05) is 11.6 Å². The monoisotopic (exact) mass is 522 g/mol. The zero-order valence-electron chi connectivity index (χ0n) is 19.8. The van der Waals surface area contributed by atoms with Gasteiger partial charge in [-0.05, 0) is 42.5 Å². The summed E-state index contributed by atoms with van der Waals surface area (Å²) in [6, 6.07) is 13.0. The van der Waals surface area contributed by atoms with Gasteiger partial charge in [0.25, 0.3) is 0 Å². The second-order valence-electron chi connectivity index (χ2n) is 8.54. The Bertz CT molecular complexity index is 1430. The number of carbonyl (C=O) groups is 1. The van der Waals surface area contributed by atoms with Crippen molar-refractivity contribution in [1.29, 1.82) is 0 Å². The number of rotatable bonds is 6. The van der Waals surface area contributed by atoms with E-state index in [0.29, 0.717) is 60.4 Å². The fourth-order valence-corrected chi connectivity index (χ4v) is 4.35. The smallest absolute Gasteiger partial charge is 0.410 e. The Kier molecular flexibility index (Phi) is 7.40. The number of nitrogens with one attached hydrogen (secondary N) is 1. The number of β-amino-alcohol motifs (C(OH)–C–C–N with tert-alkyl or cyclic N) is 1. The Balaban J connectivity index is 1.31. The van der Waals surface area contributed by atoms with Gasteiger partial charge in [0.15, 0.2) is 0 Å². The van der Waals surface area contributed by atoms with Gasteiger partial charge in [0.05, 0.1) is 29.7 Å². The molecule has 5 rings (SSSR count). The molecule has 1 amide bonds. The molecule has 0 atom stereocenters. The lowest BCUT2D eigenvalue weighted by atomic mass is 10.1. The number of benzene rings is 2. The van der Waals surface area contributed by atoms with E-state index in [0.717, 1.165) is 11.1 Å². The third kappa shape index (κ3) is 5.77. The number of fused-ring (bicyclic) bond motifs is 1. The molecular formula is C26H24ClFN6O3. The highest BCUT2D eigenvalue weighted by atomic mass is 35.5. The Hall–Kier alpha value is -3.86. The molecule has 0 unspecified atom stereocenters. The number of carbonyl (C=O) groups excluding carboxylic acids is 1. The van der Waals surface area contributed by atoms with Crippen molar-refractivity contribution in [2.24, 2.45) is 0 Å². The van der Waals surface area contributed by atoms with E-state index in [1.165, 1.54) is 24.4 Å². The third-order valence-corrected chi connectivity index (χ3v) is 6.34. The van der Waals surface area contributed by atoms with Gasteiger partial charge in [0.1, 0.15) is 11.6 Å². The number of aliphatic hydroxyl groups is 1. The predicted octanol–water partition coefficient (Wildman–Crippen LogP) is 4.34. The average molecular weight is 523 g/mol. The molecule has 1 saturated heterocycles. The molecule has 3 heterocycles. The molecule has 11 heteroatoms. The maximum absolute atomic E-state index is 14.3. The second kappa shape index (κ2) is 11.0. The molecular weight excluding hydrogens is 499 g/mol. The van der Waals surface area contributed by atoms with Crippen molar-refractivity contribution in [3.63, 3.8) is 0 Å². The summed E-state index contributed by atoms with van der Waals surface area (Å²) in [5.74, 6) is -0.0523. The molecule has 1 aliphatic heterocycles. The van der Waals surface area contributed by atoms with E-state index in [1.807, 2.05) is 6.07 Å². The van der Waals surface area contributed by atoms with Crippen LogP contribution in [0.3, 0.4) is 0 Å². The molecule has 0 bridgehead atoms. The van der Waals surface area contributed by atoms with Gasteiger partial charge >= 0.3 is 6.09 Å². The molecule has 0 aliphatic carbocycles. The van der Waals surface area contributed by atoms with E-state index in [-0.39, 0.29) is 12.2 Å². The lowest BCUT2D eigenvalue weighted by Crippen LogP contribution is -2.50. The van der Waals surface area contributed by atoms with Gasteiger partial charge < -0.3 is 20.1 Å². The Labute approximate surface area is 217 Å². The van der Waals surface area contributed by atoms with Crippen molar-refractivity contribution < 1.29 is 19.0 Å². The minimum atomic E-state index is -0.445. The maximum atomic E-state index is 14.3. The van der Waals surface area contributed by atoms with Gasteiger partial charge in [-0.3, -0.25) is 9.88 Å². The first kappa shape index (κ1) is 24.8. The van der Waals surface area contributed by atoms with Crippen LogP contribution in [0.25, 0.3) is 22.2 Å². The highest BCUT2D eigenvalue weighted by molar-refractivity contribution is 6.30. The average Bonchev–Trinajstić information content (AvgIpc) is 2.91. The number of aliphatic hydroxyl groups excluding tert-OH is 1. The summed E-state index contributed by atoms with van der Waals surface area (Å²) in [4.78, 5) is 20.8. The third-order valence-electron chi connectivity index (χ3n) is 6.10. The lowest BCUT2D eigenvalue weighted by Gasteiger charge is -2.33. The van der Waals surface area contributed by atoms with Crippen molar-refractivity contribution in [3.05, 3.63) is 71.8 Å². The fourth-order valence-electron chi connectivity index (χ4n) is 4.18. The van der Waals surface area contributed by atoms with Crippen LogP contribution in [0.1, 0.15) is 0 Å². The van der Waals surface area contributed by atoms with Crippen molar-refractivity contribution in [2.45, 2.75) is 0 Å². The van der Waals surface area contributed by atoms with E-state index in [2.05, 4.69) is 25.4 Å². The molecule has 9 nitrogen and oxygen atoms in total. The number of ether oxygens (including phenoxy) is 1. The zero-order chi connectivity index (χ0) is 25.8. The number of hydrogen-bond donors (Lipinski definition) is 2. The molecule has 0 radical (unpaired) electrons. The molecule has 2 aromatic heterocycles. The highest BCUT2D eigenvalue weighted by Gasteiger charge is 2.22. The maximum Gasteiger partial charge on any atom is 0.415 e. The summed E-state index contributed by atoms with van der Waals surface area (Å²) in [5, 5.41) is 21.6. The molecule has 190 valence electrons. The van der Waals surface area contributed by atoms with Crippen LogP contribution in [0.2, 0.25) is 5.02 Å². The van der Waals surface area contributed by atoms with Gasteiger partial charge in [-0.15, -0.1) is 0 Å². The molecule has 1 aliphatic rings. The minimum Gasteiger partial charge on any atom is -0.410 e. The Morgan fingerprint density at radius 2 is 1.95 bits per heavy atom. The van der Waals surface area contributed by atoms with Gasteiger partial charge in [0.2, 0.25) is 0 Å². The normalized spacial score (nSPS) is 14.1. The number of anilines is 2. The summed E-state index contributed by atoms with van der Waals surface area (Å²) in [6.45, 7) is 3.17. The summed E-state index contributed by atoms with van der Waals surface area (Å²) in [5.41, 5.74) is 2.58. The number of hydrogen-bond acceptors (Lipinski definition) is 8. The number of nitrogens with zero attached hydrogens (tertiary/aromatic N) is 5. The summed E-state index contributed by atoms with van der Waals surface area (Å²) >= 11 is 6.03. The number of aromatic nitrogens is 3. The Morgan fingerprint density at radius 3 is 2.76 bits per heavy atom. The number of amides is 1. The zero-order valence-corrected chi connectivity index (χ0v) is 20.5. The number of halogens is 2. The molecule has 4 aromatic rings. The van der Waals surface area contributed by atoms with E-state index in [4.69, 9.17) is 21.4 Å². The van der Waals surface area contributed by atoms with Crippen LogP contribution in [0.15, 0.2) is 60.9 Å². The number of piperazine rings is 1. The van der Waals surface area contributed by atoms with E-state index in [1.54, 1.807) is 35.4 Å². The van der Waals surface area contributed by atoms with Crippen LogP contribution in [-0.4, -0.2) is 75.5 Å². The van der Waals surface area contributed by atoms with Crippen molar-refractivity contribution in [2.75, 3.05) is 44.6 Å². The standard InChI is InChI=1S/C26H24ClFN6O3/c27-17-1-4-22(28)21(13-17)25-14-18(16-30-32-25)31-23-5-6-29-24-15-19(2-3-20(23)24)37-26(36)34-9-7-33(8-10-34)11-12-35/h1-6,13-16,35H,7-12H2,(H,29,31,32). The summed E-state index contributed by atoms with van der Waals surface area (Å²) < 4.78 is 19.9. The Morgan fingerprint density at radius 1 is 1.11 bits per heavy atom. The molecule has 0 saturated carbocycles. The van der Waals surface area contributed by atoms with E-state index < -0.39 is 11.9 Å². The van der Waals surface area contributed by atoms with Crippen molar-refractivity contribution in [3.8, 4) is 17.0 Å². The summed E-state index contributed by atoms with van der Waals surface area (Å²) in [6.07, 6.45) is 2.76. The number of pyridine rings is 1. The van der Waals surface area contributed by atoms with Crippen LogP contribution in [-0.2, 0) is 0 Å². The van der Waals surface area contributed by atoms with E-state index >= 15 is 0 Å². The van der Waals surface area contributed by atoms with Crippen molar-refractivity contribution >= 4 is 40.0 Å². The minimum absolute atomic E-state index is 0.102. The SMILES string of the molecule is O=C(Oc1ccc2c(Nc3cnnc(-c4cc(Cl)ccc4F)c3)ccnc2c1)N1CCN(CCO)CC1. The first-order valence-electron chi connectivity index (χ1n) is 11.7. The highest BCUT2D eigenvalue weighted by Crippen LogP contribution is 2.30. The van der Waals surface area contributed by atoms with Crippen LogP contribution in [0.4, 0.5) is 20.6 Å². The van der Waals surface area contributed by atoms with Crippen molar-refractivity contribution in [1.82, 2.24) is 25.0 Å². The lowest BCUT2D eigenvalue weighted by molar-refractivity contribution is 0.101. The van der Waals surface area contributed by atoms with Crippen LogP contribution in [0.5, 0.6) is 5.75 Å². The van der Waals surface area contributed by atoms with Crippen LogP contribution >= 0.6 is 11.6 Å². The van der Waals surface area contributed by atoms with Gasteiger partial charge in [-0.2, -0.15) is 10.2 Å². The summed E-state index contributed by atoms with van der Waals surface area (Å²) in [7, 11) is 0. The van der Waals surface area contributed by atoms with E-state index in [9.17, 15) is 9.18 Å². The largest absolute Gasteiger partial charge is 0.415 e. The molecule has 2 N–H and O–H groups in total. The second-order valence-corrected chi connectivity index (χ2v) is 8.97. The predicted molar refractivity (Wildman–Crippen MR) is 139 cm³/mol. The fraction of sp³-hybridized carbons (Fsp3) is 0.231. The first-order chi connectivity index (χ1) is 18.0. The molecule has 37 heavy (non-hydrogen) atoms. The molecule has 2 aromatic carbocycles. The van der Waals surface area contributed by atoms with Gasteiger partial charge in [-0.25, -0.2) is 9.18 Å². The van der Waals surface area contributed by atoms with Crippen LogP contribution in [0, 0.1) is 5.82 Å².